The van der Waals surface area contributed by atoms with Crippen molar-refractivity contribution in [2.75, 3.05) is 42.9 Å². The number of nitrogens with zero attached hydrogens (tertiary/aromatic N) is 2. The molecule has 1 aliphatic rings. The Labute approximate surface area is 163 Å². The number of hydrogen-bond acceptors (Lipinski definition) is 3. The van der Waals surface area contributed by atoms with Gasteiger partial charge in [0.05, 0.1) is 0 Å². The Balaban J connectivity index is 1.68. The SMILES string of the molecule is CCN1CCN(c2ccc(NC(=O)c3ccc(I)cc3)c(C)c2)CC1. The highest BCUT2D eigenvalue weighted by Gasteiger charge is 2.16. The van der Waals surface area contributed by atoms with Crippen molar-refractivity contribution >= 4 is 39.9 Å². The molecule has 0 saturated carbocycles. The maximum Gasteiger partial charge on any atom is 0.255 e. The minimum Gasteiger partial charge on any atom is -0.369 e. The molecule has 0 atom stereocenters. The highest BCUT2D eigenvalue weighted by molar-refractivity contribution is 14.1. The maximum atomic E-state index is 12.4. The normalized spacial score (nSPS) is 15.2. The van der Waals surface area contributed by atoms with E-state index in [-0.39, 0.29) is 5.91 Å². The van der Waals surface area contributed by atoms with Crippen molar-refractivity contribution in [2.45, 2.75) is 13.8 Å². The Kier molecular flexibility index (Phi) is 5.96. The molecule has 25 heavy (non-hydrogen) atoms. The fourth-order valence-electron chi connectivity index (χ4n) is 3.10. The number of aryl methyl sites for hydroxylation is 1. The number of likely N-dealkylation sites (N-methyl/N-ethyl adjacent to an activating group) is 1. The van der Waals surface area contributed by atoms with Crippen LogP contribution in [0.3, 0.4) is 0 Å². The summed E-state index contributed by atoms with van der Waals surface area (Å²) >= 11 is 2.24. The van der Waals surface area contributed by atoms with E-state index in [2.05, 4.69) is 63.7 Å². The maximum absolute atomic E-state index is 12.4. The van der Waals surface area contributed by atoms with Crippen LogP contribution in [0.15, 0.2) is 42.5 Å². The first-order valence-electron chi connectivity index (χ1n) is 8.71. The summed E-state index contributed by atoms with van der Waals surface area (Å²) < 4.78 is 1.12. The zero-order valence-corrected chi connectivity index (χ0v) is 16.9. The Bertz CT molecular complexity index is 737. The summed E-state index contributed by atoms with van der Waals surface area (Å²) in [5, 5.41) is 3.02. The van der Waals surface area contributed by atoms with Crippen molar-refractivity contribution in [1.82, 2.24) is 4.90 Å². The topological polar surface area (TPSA) is 35.6 Å². The number of piperazine rings is 1. The lowest BCUT2D eigenvalue weighted by Crippen LogP contribution is -2.46. The third kappa shape index (κ3) is 4.52. The number of benzene rings is 2. The summed E-state index contributed by atoms with van der Waals surface area (Å²) in [5.74, 6) is -0.0659. The van der Waals surface area contributed by atoms with E-state index in [1.165, 1.54) is 5.69 Å². The fourth-order valence-corrected chi connectivity index (χ4v) is 3.46. The molecule has 0 spiro atoms. The molecule has 1 amide bonds. The molecule has 1 N–H and O–H groups in total. The van der Waals surface area contributed by atoms with Gasteiger partial charge in [-0.25, -0.2) is 0 Å². The van der Waals surface area contributed by atoms with Gasteiger partial charge in [-0.1, -0.05) is 6.92 Å². The van der Waals surface area contributed by atoms with Gasteiger partial charge in [-0.05, 0) is 84.1 Å². The molecule has 132 valence electrons. The highest BCUT2D eigenvalue weighted by Crippen LogP contribution is 2.24. The van der Waals surface area contributed by atoms with E-state index in [9.17, 15) is 4.79 Å². The minimum atomic E-state index is -0.0659. The van der Waals surface area contributed by atoms with Crippen LogP contribution in [0.1, 0.15) is 22.8 Å². The lowest BCUT2D eigenvalue weighted by molar-refractivity contribution is 0.102. The number of anilines is 2. The number of amides is 1. The second-order valence-electron chi connectivity index (χ2n) is 6.38. The Morgan fingerprint density at radius 1 is 1.08 bits per heavy atom. The van der Waals surface area contributed by atoms with Gasteiger partial charge in [-0.2, -0.15) is 0 Å². The summed E-state index contributed by atoms with van der Waals surface area (Å²) in [6, 6.07) is 13.9. The monoisotopic (exact) mass is 449 g/mol. The van der Waals surface area contributed by atoms with Gasteiger partial charge in [-0.15, -0.1) is 0 Å². The van der Waals surface area contributed by atoms with E-state index < -0.39 is 0 Å². The summed E-state index contributed by atoms with van der Waals surface area (Å²) in [6.07, 6.45) is 0. The molecule has 1 fully saturated rings. The van der Waals surface area contributed by atoms with Crippen molar-refractivity contribution in [3.63, 3.8) is 0 Å². The Hall–Kier alpha value is -1.60. The van der Waals surface area contributed by atoms with Gasteiger partial charge in [0.2, 0.25) is 0 Å². The number of carbonyl (C=O) groups is 1. The summed E-state index contributed by atoms with van der Waals surface area (Å²) in [5.41, 5.74) is 3.88. The van der Waals surface area contributed by atoms with E-state index in [0.29, 0.717) is 5.56 Å². The van der Waals surface area contributed by atoms with E-state index in [1.54, 1.807) is 0 Å². The van der Waals surface area contributed by atoms with Crippen molar-refractivity contribution in [1.29, 1.82) is 0 Å². The second kappa shape index (κ2) is 8.19. The molecular formula is C20H24IN3O. The van der Waals surface area contributed by atoms with Crippen LogP contribution in [0.5, 0.6) is 0 Å². The predicted octanol–water partition coefficient (Wildman–Crippen LogP) is 3.99. The zero-order chi connectivity index (χ0) is 17.8. The molecule has 2 aromatic carbocycles. The van der Waals surface area contributed by atoms with Gasteiger partial charge in [0, 0.05) is 46.7 Å². The molecule has 0 bridgehead atoms. The summed E-state index contributed by atoms with van der Waals surface area (Å²) in [7, 11) is 0. The molecule has 2 aromatic rings. The number of rotatable bonds is 4. The van der Waals surface area contributed by atoms with Crippen LogP contribution in [-0.2, 0) is 0 Å². The zero-order valence-electron chi connectivity index (χ0n) is 14.8. The lowest BCUT2D eigenvalue weighted by Gasteiger charge is -2.35. The van der Waals surface area contributed by atoms with Gasteiger partial charge >= 0.3 is 0 Å². The second-order valence-corrected chi connectivity index (χ2v) is 7.63. The van der Waals surface area contributed by atoms with Crippen LogP contribution < -0.4 is 10.2 Å². The molecule has 0 unspecified atom stereocenters. The van der Waals surface area contributed by atoms with Gasteiger partial charge in [-0.3, -0.25) is 4.79 Å². The van der Waals surface area contributed by atoms with E-state index in [1.807, 2.05) is 30.3 Å². The van der Waals surface area contributed by atoms with Crippen molar-refractivity contribution in [3.05, 3.63) is 57.2 Å². The molecule has 1 heterocycles. The summed E-state index contributed by atoms with van der Waals surface area (Å²) in [4.78, 5) is 17.3. The molecule has 4 nitrogen and oxygen atoms in total. The molecule has 0 aromatic heterocycles. The quantitative estimate of drug-likeness (QED) is 0.718. The summed E-state index contributed by atoms with van der Waals surface area (Å²) in [6.45, 7) is 9.72. The van der Waals surface area contributed by atoms with E-state index in [4.69, 9.17) is 0 Å². The highest BCUT2D eigenvalue weighted by atomic mass is 127. The Morgan fingerprint density at radius 2 is 1.76 bits per heavy atom. The van der Waals surface area contributed by atoms with Crippen LogP contribution in [0.2, 0.25) is 0 Å². The molecule has 0 radical (unpaired) electrons. The first-order chi connectivity index (χ1) is 12.1. The van der Waals surface area contributed by atoms with E-state index in [0.717, 1.165) is 47.5 Å². The molecule has 0 aliphatic carbocycles. The van der Waals surface area contributed by atoms with Crippen LogP contribution >= 0.6 is 22.6 Å². The van der Waals surface area contributed by atoms with Crippen molar-refractivity contribution in [3.8, 4) is 0 Å². The third-order valence-corrected chi connectivity index (χ3v) is 5.47. The lowest BCUT2D eigenvalue weighted by atomic mass is 10.1. The number of nitrogens with one attached hydrogen (secondary N) is 1. The standard InChI is InChI=1S/C20H24IN3O/c1-3-23-10-12-24(13-11-23)18-8-9-19(15(2)14-18)22-20(25)16-4-6-17(21)7-5-16/h4-9,14H,3,10-13H2,1-2H3,(H,22,25). The Morgan fingerprint density at radius 3 is 2.36 bits per heavy atom. The fraction of sp³-hybridized carbons (Fsp3) is 0.350. The first-order valence-corrected chi connectivity index (χ1v) is 9.79. The van der Waals surface area contributed by atoms with Gasteiger partial charge in [0.25, 0.3) is 5.91 Å². The minimum absolute atomic E-state index is 0.0659. The van der Waals surface area contributed by atoms with Crippen LogP contribution in [0, 0.1) is 10.5 Å². The molecule has 3 rings (SSSR count). The van der Waals surface area contributed by atoms with Gasteiger partial charge < -0.3 is 15.1 Å². The van der Waals surface area contributed by atoms with Crippen LogP contribution in [0.4, 0.5) is 11.4 Å². The molecular weight excluding hydrogens is 425 g/mol. The molecule has 1 saturated heterocycles. The third-order valence-electron chi connectivity index (χ3n) is 4.75. The average molecular weight is 449 g/mol. The first kappa shape index (κ1) is 18.2. The largest absolute Gasteiger partial charge is 0.369 e. The van der Waals surface area contributed by atoms with Crippen molar-refractivity contribution < 1.29 is 4.79 Å². The number of halogens is 1. The predicted molar refractivity (Wildman–Crippen MR) is 113 cm³/mol. The van der Waals surface area contributed by atoms with E-state index >= 15 is 0 Å². The number of hydrogen-bond donors (Lipinski definition) is 1. The average Bonchev–Trinajstić information content (AvgIpc) is 2.64. The smallest absolute Gasteiger partial charge is 0.255 e. The van der Waals surface area contributed by atoms with Crippen LogP contribution in [0.25, 0.3) is 0 Å². The van der Waals surface area contributed by atoms with Gasteiger partial charge in [0.15, 0.2) is 0 Å². The number of carbonyl (C=O) groups excluding carboxylic acids is 1. The molecule has 5 heteroatoms. The van der Waals surface area contributed by atoms with Crippen molar-refractivity contribution in [2.24, 2.45) is 0 Å². The molecule has 1 aliphatic heterocycles. The van der Waals surface area contributed by atoms with Crippen LogP contribution in [-0.4, -0.2) is 43.5 Å². The van der Waals surface area contributed by atoms with Gasteiger partial charge in [0.1, 0.15) is 0 Å².